The maximum Gasteiger partial charge on any atom is 0.0960 e. The summed E-state index contributed by atoms with van der Waals surface area (Å²) in [7, 11) is 0. The summed E-state index contributed by atoms with van der Waals surface area (Å²) >= 11 is 7.98. The second-order valence-electron chi connectivity index (χ2n) is 7.22. The van der Waals surface area contributed by atoms with E-state index in [-0.39, 0.29) is 0 Å². The second-order valence-corrected chi connectivity index (χ2v) is 8.96. The van der Waals surface area contributed by atoms with Gasteiger partial charge in [0.15, 0.2) is 0 Å². The van der Waals surface area contributed by atoms with Crippen LogP contribution < -0.4 is 5.32 Å². The number of aryl methyl sites for hydroxylation is 2. The van der Waals surface area contributed by atoms with Gasteiger partial charge in [-0.1, -0.05) is 38.3 Å². The number of thiophene rings is 1. The molecule has 3 heteroatoms. The Morgan fingerprint density at radius 3 is 2.57 bits per heavy atom. The van der Waals surface area contributed by atoms with Gasteiger partial charge in [-0.25, -0.2) is 0 Å². The van der Waals surface area contributed by atoms with E-state index in [2.05, 4.69) is 32.2 Å². The van der Waals surface area contributed by atoms with Gasteiger partial charge in [0.2, 0.25) is 0 Å². The fourth-order valence-electron chi connectivity index (χ4n) is 3.53. The van der Waals surface area contributed by atoms with Gasteiger partial charge in [-0.05, 0) is 75.1 Å². The Balaban J connectivity index is 1.83. The first-order valence-electron chi connectivity index (χ1n) is 8.46. The monoisotopic (exact) mass is 327 g/mol. The zero-order chi connectivity index (χ0) is 15.3. The SMILES string of the molecule is Cc1cc(CCC2(CCNCC(C)C)CCCC2)sc1Cl. The van der Waals surface area contributed by atoms with Crippen molar-refractivity contribution in [3.8, 4) is 0 Å². The van der Waals surface area contributed by atoms with Crippen molar-refractivity contribution in [2.75, 3.05) is 13.1 Å². The third-order valence-electron chi connectivity index (χ3n) is 4.86. The van der Waals surface area contributed by atoms with E-state index >= 15 is 0 Å². The molecule has 1 aliphatic carbocycles. The summed E-state index contributed by atoms with van der Waals surface area (Å²) in [5, 5.41) is 3.63. The van der Waals surface area contributed by atoms with Crippen LogP contribution in [0.25, 0.3) is 0 Å². The van der Waals surface area contributed by atoms with Gasteiger partial charge in [-0.15, -0.1) is 11.3 Å². The molecule has 0 atom stereocenters. The van der Waals surface area contributed by atoms with Crippen LogP contribution in [0, 0.1) is 18.3 Å². The maximum atomic E-state index is 6.20. The van der Waals surface area contributed by atoms with Crippen molar-refractivity contribution >= 4 is 22.9 Å². The van der Waals surface area contributed by atoms with Crippen LogP contribution in [-0.4, -0.2) is 13.1 Å². The van der Waals surface area contributed by atoms with Gasteiger partial charge in [0.05, 0.1) is 4.34 Å². The standard InChI is InChI=1S/C18H30ClNS/c1-14(2)13-20-11-10-18(7-4-5-8-18)9-6-16-12-15(3)17(19)21-16/h12,14,20H,4-11,13H2,1-3H3. The van der Waals surface area contributed by atoms with Gasteiger partial charge < -0.3 is 5.32 Å². The summed E-state index contributed by atoms with van der Waals surface area (Å²) in [6.07, 6.45) is 9.60. The third kappa shape index (κ3) is 5.26. The number of rotatable bonds is 8. The molecular weight excluding hydrogens is 298 g/mol. The zero-order valence-electron chi connectivity index (χ0n) is 13.8. The number of hydrogen-bond acceptors (Lipinski definition) is 2. The van der Waals surface area contributed by atoms with Crippen LogP contribution >= 0.6 is 22.9 Å². The van der Waals surface area contributed by atoms with Crippen LogP contribution in [0.5, 0.6) is 0 Å². The Labute approximate surface area is 139 Å². The summed E-state index contributed by atoms with van der Waals surface area (Å²) in [5.41, 5.74) is 1.84. The van der Waals surface area contributed by atoms with Crippen molar-refractivity contribution in [3.05, 3.63) is 20.8 Å². The van der Waals surface area contributed by atoms with Crippen LogP contribution in [0.2, 0.25) is 4.34 Å². The highest BCUT2D eigenvalue weighted by atomic mass is 35.5. The van der Waals surface area contributed by atoms with Gasteiger partial charge in [-0.2, -0.15) is 0 Å². The Morgan fingerprint density at radius 1 is 1.29 bits per heavy atom. The molecule has 0 radical (unpaired) electrons. The Kier molecular flexibility index (Phi) is 6.58. The minimum atomic E-state index is 0.592. The van der Waals surface area contributed by atoms with Crippen molar-refractivity contribution in [1.29, 1.82) is 0 Å². The average Bonchev–Trinajstić information content (AvgIpc) is 3.01. The smallest absolute Gasteiger partial charge is 0.0960 e. The largest absolute Gasteiger partial charge is 0.316 e. The molecule has 0 bridgehead atoms. The van der Waals surface area contributed by atoms with Crippen molar-refractivity contribution in [3.63, 3.8) is 0 Å². The molecule has 1 N–H and O–H groups in total. The normalized spacial score (nSPS) is 17.8. The highest BCUT2D eigenvalue weighted by Crippen LogP contribution is 2.45. The Bertz CT molecular complexity index is 413. The molecule has 1 heterocycles. The summed E-state index contributed by atoms with van der Waals surface area (Å²) in [4.78, 5) is 1.47. The number of halogens is 1. The quantitative estimate of drug-likeness (QED) is 0.591. The third-order valence-corrected chi connectivity index (χ3v) is 6.47. The Morgan fingerprint density at radius 2 is 2.00 bits per heavy atom. The fraction of sp³-hybridized carbons (Fsp3) is 0.778. The molecule has 21 heavy (non-hydrogen) atoms. The van der Waals surface area contributed by atoms with Gasteiger partial charge >= 0.3 is 0 Å². The van der Waals surface area contributed by atoms with Crippen molar-refractivity contribution in [2.24, 2.45) is 11.3 Å². The summed E-state index contributed by atoms with van der Waals surface area (Å²) in [6, 6.07) is 2.28. The summed E-state index contributed by atoms with van der Waals surface area (Å²) in [6.45, 7) is 9.00. The molecule has 0 aliphatic heterocycles. The van der Waals surface area contributed by atoms with Crippen molar-refractivity contribution < 1.29 is 0 Å². The molecule has 1 saturated carbocycles. The molecule has 0 aromatic carbocycles. The van der Waals surface area contributed by atoms with Gasteiger partial charge in [0, 0.05) is 4.88 Å². The topological polar surface area (TPSA) is 12.0 Å². The minimum Gasteiger partial charge on any atom is -0.316 e. The van der Waals surface area contributed by atoms with Gasteiger partial charge in [0.25, 0.3) is 0 Å². The number of nitrogens with one attached hydrogen (secondary N) is 1. The van der Waals surface area contributed by atoms with Crippen LogP contribution in [0.4, 0.5) is 0 Å². The van der Waals surface area contributed by atoms with Crippen molar-refractivity contribution in [2.45, 2.75) is 65.7 Å². The van der Waals surface area contributed by atoms with Crippen LogP contribution in [-0.2, 0) is 6.42 Å². The lowest BCUT2D eigenvalue weighted by Gasteiger charge is -2.29. The van der Waals surface area contributed by atoms with E-state index in [4.69, 9.17) is 11.6 Å². The van der Waals surface area contributed by atoms with Crippen LogP contribution in [0.1, 0.15) is 62.8 Å². The zero-order valence-corrected chi connectivity index (χ0v) is 15.4. The molecule has 1 aromatic heterocycles. The average molecular weight is 328 g/mol. The lowest BCUT2D eigenvalue weighted by atomic mass is 9.78. The first-order chi connectivity index (χ1) is 10.0. The molecule has 1 nitrogen and oxygen atoms in total. The molecule has 1 aliphatic rings. The van der Waals surface area contributed by atoms with E-state index in [9.17, 15) is 0 Å². The molecule has 2 rings (SSSR count). The number of hydrogen-bond donors (Lipinski definition) is 1. The molecule has 0 spiro atoms. The first kappa shape index (κ1) is 17.3. The fourth-order valence-corrected chi connectivity index (χ4v) is 4.77. The second kappa shape index (κ2) is 7.99. The first-order valence-corrected chi connectivity index (χ1v) is 9.66. The lowest BCUT2D eigenvalue weighted by Crippen LogP contribution is -2.27. The van der Waals surface area contributed by atoms with Crippen LogP contribution in [0.3, 0.4) is 0 Å². The van der Waals surface area contributed by atoms with E-state index in [1.54, 1.807) is 11.3 Å². The van der Waals surface area contributed by atoms with Gasteiger partial charge in [0.1, 0.15) is 0 Å². The van der Waals surface area contributed by atoms with E-state index in [0.29, 0.717) is 5.41 Å². The Hall–Kier alpha value is -0.0500. The maximum absolute atomic E-state index is 6.20. The summed E-state index contributed by atoms with van der Waals surface area (Å²) < 4.78 is 0.976. The predicted octanol–water partition coefficient (Wildman–Crippen LogP) is 5.84. The van der Waals surface area contributed by atoms with E-state index in [0.717, 1.165) is 16.8 Å². The highest BCUT2D eigenvalue weighted by Gasteiger charge is 2.32. The van der Waals surface area contributed by atoms with Crippen LogP contribution in [0.15, 0.2) is 6.07 Å². The van der Waals surface area contributed by atoms with E-state index in [1.807, 2.05) is 0 Å². The molecule has 0 unspecified atom stereocenters. The molecular formula is C18H30ClNS. The molecule has 0 saturated heterocycles. The lowest BCUT2D eigenvalue weighted by molar-refractivity contribution is 0.244. The molecule has 0 amide bonds. The predicted molar refractivity (Wildman–Crippen MR) is 95.6 cm³/mol. The molecule has 120 valence electrons. The van der Waals surface area contributed by atoms with Crippen molar-refractivity contribution in [1.82, 2.24) is 5.32 Å². The minimum absolute atomic E-state index is 0.592. The van der Waals surface area contributed by atoms with Gasteiger partial charge in [-0.3, -0.25) is 0 Å². The highest BCUT2D eigenvalue weighted by molar-refractivity contribution is 7.16. The van der Waals surface area contributed by atoms with E-state index < -0.39 is 0 Å². The molecule has 1 aromatic rings. The molecule has 1 fully saturated rings. The summed E-state index contributed by atoms with van der Waals surface area (Å²) in [5.74, 6) is 0.751. The van der Waals surface area contributed by atoms with E-state index in [1.165, 1.54) is 61.9 Å².